The zero-order valence-corrected chi connectivity index (χ0v) is 21.2. The number of carbonyl (C=O) groups excluding carboxylic acids is 1. The van der Waals surface area contributed by atoms with Crippen LogP contribution in [0.3, 0.4) is 0 Å². The van der Waals surface area contributed by atoms with E-state index in [0.717, 1.165) is 34.0 Å². The molecule has 4 aromatic rings. The fraction of sp³-hybridized carbons (Fsp3) is 0.357. The standard InChI is InChI=1S/C28H32N2O4S/c1-3-5-15-30-23-14-10-9-13-21(23)25-24(28(30)32)22(19-34-17-16-33-4-2)26(35-25)27(31)29-18-20-11-7-6-8-12-20/h6-14H,3-5,15-19H2,1-2H3,(H,29,31). The van der Waals surface area contributed by atoms with Crippen molar-refractivity contribution in [3.05, 3.63) is 81.0 Å². The van der Waals surface area contributed by atoms with Crippen LogP contribution in [0.4, 0.5) is 0 Å². The van der Waals surface area contributed by atoms with Crippen LogP contribution >= 0.6 is 11.3 Å². The Hall–Kier alpha value is -3.00. The largest absolute Gasteiger partial charge is 0.379 e. The predicted octanol–water partition coefficient (Wildman–Crippen LogP) is 5.50. The minimum Gasteiger partial charge on any atom is -0.379 e. The molecular formula is C28H32N2O4S. The Morgan fingerprint density at radius 2 is 1.74 bits per heavy atom. The van der Waals surface area contributed by atoms with Crippen molar-refractivity contribution < 1.29 is 14.3 Å². The molecule has 6 nitrogen and oxygen atoms in total. The number of unbranched alkanes of at least 4 members (excludes halogenated alkanes) is 1. The molecule has 1 N–H and O–H groups in total. The summed E-state index contributed by atoms with van der Waals surface area (Å²) in [6.45, 7) is 6.77. The van der Waals surface area contributed by atoms with E-state index in [1.165, 1.54) is 11.3 Å². The summed E-state index contributed by atoms with van der Waals surface area (Å²) >= 11 is 1.38. The Balaban J connectivity index is 1.78. The number of fused-ring (bicyclic) bond motifs is 3. The van der Waals surface area contributed by atoms with Gasteiger partial charge in [0.25, 0.3) is 11.5 Å². The summed E-state index contributed by atoms with van der Waals surface area (Å²) in [4.78, 5) is 27.7. The topological polar surface area (TPSA) is 69.6 Å². The molecule has 0 unspecified atom stereocenters. The summed E-state index contributed by atoms with van der Waals surface area (Å²) in [6.07, 6.45) is 1.90. The van der Waals surface area contributed by atoms with Crippen LogP contribution in [0, 0.1) is 0 Å². The normalized spacial score (nSPS) is 11.4. The van der Waals surface area contributed by atoms with Gasteiger partial charge < -0.3 is 19.4 Å². The van der Waals surface area contributed by atoms with Crippen LogP contribution < -0.4 is 10.9 Å². The monoisotopic (exact) mass is 492 g/mol. The highest BCUT2D eigenvalue weighted by molar-refractivity contribution is 7.22. The first-order chi connectivity index (χ1) is 17.2. The maximum Gasteiger partial charge on any atom is 0.262 e. The number of ether oxygens (including phenoxy) is 2. The maximum absolute atomic E-state index is 13.8. The van der Waals surface area contributed by atoms with Crippen LogP contribution in [-0.2, 0) is 29.2 Å². The molecule has 7 heteroatoms. The lowest BCUT2D eigenvalue weighted by Gasteiger charge is -2.12. The highest BCUT2D eigenvalue weighted by Gasteiger charge is 2.24. The first kappa shape index (κ1) is 25.1. The van der Waals surface area contributed by atoms with Gasteiger partial charge in [0.05, 0.1) is 40.3 Å². The third kappa shape index (κ3) is 5.64. The maximum atomic E-state index is 13.8. The molecule has 35 heavy (non-hydrogen) atoms. The van der Waals surface area contributed by atoms with Gasteiger partial charge in [0.1, 0.15) is 0 Å². The van der Waals surface area contributed by atoms with E-state index in [9.17, 15) is 9.59 Å². The van der Waals surface area contributed by atoms with E-state index in [1.807, 2.05) is 66.1 Å². The van der Waals surface area contributed by atoms with Crippen molar-refractivity contribution in [3.63, 3.8) is 0 Å². The Morgan fingerprint density at radius 3 is 2.51 bits per heavy atom. The van der Waals surface area contributed by atoms with E-state index >= 15 is 0 Å². The number of nitrogens with one attached hydrogen (secondary N) is 1. The van der Waals surface area contributed by atoms with E-state index in [4.69, 9.17) is 9.47 Å². The smallest absolute Gasteiger partial charge is 0.262 e. The Labute approximate surface area is 209 Å². The van der Waals surface area contributed by atoms with Crippen molar-refractivity contribution >= 4 is 38.2 Å². The summed E-state index contributed by atoms with van der Waals surface area (Å²) in [5, 5.41) is 4.60. The number of hydrogen-bond acceptors (Lipinski definition) is 5. The van der Waals surface area contributed by atoms with Gasteiger partial charge in [0.2, 0.25) is 0 Å². The summed E-state index contributed by atoms with van der Waals surface area (Å²) in [6, 6.07) is 17.7. The van der Waals surface area contributed by atoms with Crippen molar-refractivity contribution in [2.75, 3.05) is 19.8 Å². The quantitative estimate of drug-likeness (QED) is 0.265. The Bertz CT molecular complexity index is 1340. The minimum absolute atomic E-state index is 0.0612. The van der Waals surface area contributed by atoms with Crippen LogP contribution in [0.5, 0.6) is 0 Å². The number of pyridine rings is 1. The third-order valence-electron chi connectivity index (χ3n) is 5.97. The summed E-state index contributed by atoms with van der Waals surface area (Å²) in [5.41, 5.74) is 2.52. The van der Waals surface area contributed by atoms with Gasteiger partial charge in [-0.25, -0.2) is 0 Å². The molecule has 0 saturated carbocycles. The number of benzene rings is 2. The molecule has 0 aliphatic heterocycles. The molecule has 184 valence electrons. The zero-order valence-electron chi connectivity index (χ0n) is 20.3. The molecule has 2 aromatic carbocycles. The third-order valence-corrected chi connectivity index (χ3v) is 7.23. The fourth-order valence-electron chi connectivity index (χ4n) is 4.18. The molecule has 0 radical (unpaired) electrons. The van der Waals surface area contributed by atoms with Gasteiger partial charge in [-0.3, -0.25) is 9.59 Å². The van der Waals surface area contributed by atoms with Gasteiger partial charge in [-0.15, -0.1) is 11.3 Å². The van der Waals surface area contributed by atoms with E-state index in [-0.39, 0.29) is 18.1 Å². The second-order valence-corrected chi connectivity index (χ2v) is 9.38. The lowest BCUT2D eigenvalue weighted by atomic mass is 10.1. The second kappa shape index (κ2) is 12.1. The first-order valence-corrected chi connectivity index (χ1v) is 13.0. The first-order valence-electron chi connectivity index (χ1n) is 12.2. The van der Waals surface area contributed by atoms with Crippen LogP contribution in [0.2, 0.25) is 0 Å². The van der Waals surface area contributed by atoms with E-state index in [0.29, 0.717) is 48.7 Å². The van der Waals surface area contributed by atoms with E-state index in [1.54, 1.807) is 0 Å². The van der Waals surface area contributed by atoms with Gasteiger partial charge in [0.15, 0.2) is 0 Å². The lowest BCUT2D eigenvalue weighted by Crippen LogP contribution is -2.24. The molecule has 2 aromatic heterocycles. The highest BCUT2D eigenvalue weighted by atomic mass is 32.1. The van der Waals surface area contributed by atoms with Gasteiger partial charge in [0, 0.05) is 30.6 Å². The van der Waals surface area contributed by atoms with Crippen molar-refractivity contribution in [2.45, 2.75) is 46.4 Å². The number of aromatic nitrogens is 1. The number of thiophene rings is 1. The van der Waals surface area contributed by atoms with Crippen LogP contribution in [-0.4, -0.2) is 30.3 Å². The van der Waals surface area contributed by atoms with Crippen LogP contribution in [0.25, 0.3) is 21.0 Å². The van der Waals surface area contributed by atoms with Crippen molar-refractivity contribution in [3.8, 4) is 0 Å². The number of carbonyl (C=O) groups is 1. The van der Waals surface area contributed by atoms with Crippen molar-refractivity contribution in [1.29, 1.82) is 0 Å². The molecule has 2 heterocycles. The van der Waals surface area contributed by atoms with Crippen molar-refractivity contribution in [1.82, 2.24) is 9.88 Å². The number of rotatable bonds is 12. The number of nitrogens with zero attached hydrogens (tertiary/aromatic N) is 1. The highest BCUT2D eigenvalue weighted by Crippen LogP contribution is 2.35. The van der Waals surface area contributed by atoms with E-state index < -0.39 is 0 Å². The summed E-state index contributed by atoms with van der Waals surface area (Å²) in [5.74, 6) is -0.193. The summed E-state index contributed by atoms with van der Waals surface area (Å²) in [7, 11) is 0. The average molecular weight is 493 g/mol. The number of para-hydroxylation sites is 1. The SMILES string of the molecule is CCCCn1c(=O)c2c(COCCOCC)c(C(=O)NCc3ccccc3)sc2c2ccccc21. The molecule has 0 saturated heterocycles. The summed E-state index contributed by atoms with van der Waals surface area (Å²) < 4.78 is 14.0. The predicted molar refractivity (Wildman–Crippen MR) is 142 cm³/mol. The van der Waals surface area contributed by atoms with Gasteiger partial charge in [-0.2, -0.15) is 0 Å². The van der Waals surface area contributed by atoms with E-state index in [2.05, 4.69) is 12.2 Å². The van der Waals surface area contributed by atoms with Crippen LogP contribution in [0.1, 0.15) is 47.5 Å². The molecule has 0 fully saturated rings. The molecule has 4 rings (SSSR count). The van der Waals surface area contributed by atoms with Crippen LogP contribution in [0.15, 0.2) is 59.4 Å². The van der Waals surface area contributed by atoms with Gasteiger partial charge in [-0.05, 0) is 25.0 Å². The lowest BCUT2D eigenvalue weighted by molar-refractivity contribution is 0.0454. The molecular weight excluding hydrogens is 460 g/mol. The minimum atomic E-state index is -0.193. The Morgan fingerprint density at radius 1 is 1.00 bits per heavy atom. The van der Waals surface area contributed by atoms with Gasteiger partial charge >= 0.3 is 0 Å². The molecule has 0 spiro atoms. The van der Waals surface area contributed by atoms with Crippen molar-refractivity contribution in [2.24, 2.45) is 0 Å². The molecule has 1 amide bonds. The Kier molecular flexibility index (Phi) is 8.69. The molecule has 0 aliphatic rings. The van der Waals surface area contributed by atoms with Gasteiger partial charge in [-0.1, -0.05) is 61.9 Å². The number of amides is 1. The number of hydrogen-bond donors (Lipinski definition) is 1. The number of aryl methyl sites for hydroxylation is 1. The average Bonchev–Trinajstić information content (AvgIpc) is 3.28. The molecule has 0 bridgehead atoms. The second-order valence-electron chi connectivity index (χ2n) is 8.36. The molecule has 0 atom stereocenters. The molecule has 0 aliphatic carbocycles. The fourth-order valence-corrected chi connectivity index (χ4v) is 5.43. The zero-order chi connectivity index (χ0) is 24.6.